The van der Waals surface area contributed by atoms with E-state index in [9.17, 15) is 15.3 Å². The van der Waals surface area contributed by atoms with Gasteiger partial charge < -0.3 is 20.1 Å². The van der Waals surface area contributed by atoms with Crippen LogP contribution in [0.2, 0.25) is 0 Å². The molecule has 0 bridgehead atoms. The molecule has 2 aromatic carbocycles. The zero-order valence-corrected chi connectivity index (χ0v) is 16.4. The van der Waals surface area contributed by atoms with E-state index in [4.69, 9.17) is 4.74 Å². The van der Waals surface area contributed by atoms with Crippen molar-refractivity contribution in [3.05, 3.63) is 53.6 Å². The Kier molecular flexibility index (Phi) is 5.31. The number of phenols is 3. The Morgan fingerprint density at radius 1 is 1.11 bits per heavy atom. The van der Waals surface area contributed by atoms with Crippen molar-refractivity contribution in [2.75, 3.05) is 7.11 Å². The fraction of sp³-hybridized carbons (Fsp3) is 0.227. The number of benzene rings is 2. The second kappa shape index (κ2) is 7.68. The molecule has 3 rings (SSSR count). The predicted octanol–water partition coefficient (Wildman–Crippen LogP) is 4.39. The van der Waals surface area contributed by atoms with E-state index in [0.717, 1.165) is 16.8 Å². The lowest BCUT2D eigenvalue weighted by Crippen LogP contribution is -1.96. The van der Waals surface area contributed by atoms with Gasteiger partial charge in [0.25, 0.3) is 0 Å². The Hall–Kier alpha value is -3.41. The summed E-state index contributed by atoms with van der Waals surface area (Å²) in [4.78, 5) is 0. The number of hydrogen-bond donors (Lipinski definition) is 3. The van der Waals surface area contributed by atoms with Crippen LogP contribution < -0.4 is 4.74 Å². The first-order valence-electron chi connectivity index (χ1n) is 8.90. The van der Waals surface area contributed by atoms with E-state index in [1.54, 1.807) is 36.0 Å². The molecule has 0 spiro atoms. The summed E-state index contributed by atoms with van der Waals surface area (Å²) in [5, 5.41) is 35.3. The van der Waals surface area contributed by atoms with Gasteiger partial charge in [-0.15, -0.1) is 0 Å². The third kappa shape index (κ3) is 3.67. The summed E-state index contributed by atoms with van der Waals surface area (Å²) in [6, 6.07) is 10.1. The molecule has 0 saturated carbocycles. The van der Waals surface area contributed by atoms with E-state index >= 15 is 0 Å². The third-order valence-electron chi connectivity index (χ3n) is 4.58. The lowest BCUT2D eigenvalue weighted by Gasteiger charge is -2.14. The first-order valence-corrected chi connectivity index (χ1v) is 8.90. The monoisotopic (exact) mass is 380 g/mol. The number of nitrogens with zero attached hydrogens (tertiary/aromatic N) is 2. The molecule has 0 radical (unpaired) electrons. The number of ether oxygens (including phenoxy) is 1. The number of phenolic OH excluding ortho intramolecular Hbond substituents is 3. The summed E-state index contributed by atoms with van der Waals surface area (Å²) in [5.74, 6) is 0.453. The zero-order chi connectivity index (χ0) is 20.4. The summed E-state index contributed by atoms with van der Waals surface area (Å²) in [6.07, 6.45) is 2.33. The normalized spacial score (nSPS) is 10.7. The van der Waals surface area contributed by atoms with Crippen molar-refractivity contribution in [1.29, 1.82) is 0 Å². The van der Waals surface area contributed by atoms with Crippen LogP contribution in [-0.4, -0.2) is 32.2 Å². The third-order valence-corrected chi connectivity index (χ3v) is 4.58. The van der Waals surface area contributed by atoms with Crippen LogP contribution in [0.15, 0.2) is 48.0 Å². The standard InChI is InChI=1S/C22H24N2O4/c1-13(2)5-10-16-19(26)12-20(28-4)21(22(16)27)17-11-18(24(3)23-17)14-6-8-15(25)9-7-14/h5-9,11-12,25-27H,10H2,1-4H3. The van der Waals surface area contributed by atoms with Crippen LogP contribution in [0.4, 0.5) is 0 Å². The highest BCUT2D eigenvalue weighted by atomic mass is 16.5. The van der Waals surface area contributed by atoms with E-state index in [0.29, 0.717) is 29.0 Å². The maximum absolute atomic E-state index is 10.9. The van der Waals surface area contributed by atoms with Crippen LogP contribution in [0.3, 0.4) is 0 Å². The topological polar surface area (TPSA) is 87.7 Å². The summed E-state index contributed by atoms with van der Waals surface area (Å²) >= 11 is 0. The van der Waals surface area contributed by atoms with Gasteiger partial charge in [-0.2, -0.15) is 5.10 Å². The molecule has 3 aromatic rings. The molecule has 1 heterocycles. The molecule has 0 saturated heterocycles. The lowest BCUT2D eigenvalue weighted by atomic mass is 10.00. The fourth-order valence-electron chi connectivity index (χ4n) is 3.08. The number of methoxy groups -OCH3 is 1. The number of hydrogen-bond acceptors (Lipinski definition) is 5. The lowest BCUT2D eigenvalue weighted by molar-refractivity contribution is 0.397. The van der Waals surface area contributed by atoms with Crippen LogP contribution in [0.25, 0.3) is 22.5 Å². The largest absolute Gasteiger partial charge is 0.508 e. The maximum atomic E-state index is 10.9. The quantitative estimate of drug-likeness (QED) is 0.572. The van der Waals surface area contributed by atoms with Crippen molar-refractivity contribution in [3.8, 4) is 45.5 Å². The van der Waals surface area contributed by atoms with Crippen LogP contribution >= 0.6 is 0 Å². The highest BCUT2D eigenvalue weighted by Crippen LogP contribution is 2.45. The molecular formula is C22H24N2O4. The summed E-state index contributed by atoms with van der Waals surface area (Å²) in [5.41, 5.74) is 4.16. The number of allylic oxidation sites excluding steroid dienone is 2. The van der Waals surface area contributed by atoms with Gasteiger partial charge in [-0.25, -0.2) is 0 Å². The van der Waals surface area contributed by atoms with Crippen LogP contribution in [0.5, 0.6) is 23.0 Å². The molecule has 6 heteroatoms. The van der Waals surface area contributed by atoms with Gasteiger partial charge in [-0.1, -0.05) is 11.6 Å². The van der Waals surface area contributed by atoms with Crippen molar-refractivity contribution in [3.63, 3.8) is 0 Å². The van der Waals surface area contributed by atoms with Gasteiger partial charge in [0.1, 0.15) is 28.7 Å². The molecule has 0 fully saturated rings. The second-order valence-electron chi connectivity index (χ2n) is 6.87. The Labute approximate surface area is 164 Å². The van der Waals surface area contributed by atoms with Gasteiger partial charge in [0, 0.05) is 24.2 Å². The molecule has 0 atom stereocenters. The first kappa shape index (κ1) is 19.4. The number of aromatic hydroxyl groups is 3. The molecule has 0 amide bonds. The highest BCUT2D eigenvalue weighted by molar-refractivity contribution is 5.80. The minimum absolute atomic E-state index is 0.0229. The van der Waals surface area contributed by atoms with Crippen LogP contribution in [0, 0.1) is 0 Å². The van der Waals surface area contributed by atoms with Crippen molar-refractivity contribution in [1.82, 2.24) is 9.78 Å². The summed E-state index contributed by atoms with van der Waals surface area (Å²) in [7, 11) is 3.29. The first-order chi connectivity index (χ1) is 13.3. The predicted molar refractivity (Wildman–Crippen MR) is 109 cm³/mol. The smallest absolute Gasteiger partial charge is 0.136 e. The summed E-state index contributed by atoms with van der Waals surface area (Å²) in [6.45, 7) is 3.92. The summed E-state index contributed by atoms with van der Waals surface area (Å²) < 4.78 is 7.09. The van der Waals surface area contributed by atoms with Crippen LogP contribution in [0.1, 0.15) is 19.4 Å². The molecule has 0 aliphatic heterocycles. The minimum Gasteiger partial charge on any atom is -0.508 e. The molecule has 0 aliphatic rings. The maximum Gasteiger partial charge on any atom is 0.136 e. The van der Waals surface area contributed by atoms with E-state index in [1.807, 2.05) is 26.0 Å². The molecule has 0 aliphatic carbocycles. The average molecular weight is 380 g/mol. The van der Waals surface area contributed by atoms with Crippen molar-refractivity contribution < 1.29 is 20.1 Å². The van der Waals surface area contributed by atoms with Crippen molar-refractivity contribution in [2.24, 2.45) is 7.05 Å². The molecule has 3 N–H and O–H groups in total. The Balaban J connectivity index is 2.15. The average Bonchev–Trinajstić information content (AvgIpc) is 3.02. The molecule has 146 valence electrons. The molecular weight excluding hydrogens is 356 g/mol. The fourth-order valence-corrected chi connectivity index (χ4v) is 3.08. The van der Waals surface area contributed by atoms with Gasteiger partial charge in [-0.3, -0.25) is 4.68 Å². The van der Waals surface area contributed by atoms with Gasteiger partial charge in [0.05, 0.1) is 18.4 Å². The van der Waals surface area contributed by atoms with Crippen LogP contribution in [-0.2, 0) is 13.5 Å². The van der Waals surface area contributed by atoms with Crippen molar-refractivity contribution >= 4 is 0 Å². The molecule has 6 nitrogen and oxygen atoms in total. The Bertz CT molecular complexity index is 1030. The van der Waals surface area contributed by atoms with Gasteiger partial charge in [0.15, 0.2) is 0 Å². The van der Waals surface area contributed by atoms with E-state index in [-0.39, 0.29) is 17.2 Å². The minimum atomic E-state index is -0.0512. The number of rotatable bonds is 5. The van der Waals surface area contributed by atoms with E-state index in [2.05, 4.69) is 5.10 Å². The number of aryl methyl sites for hydroxylation is 1. The second-order valence-corrected chi connectivity index (χ2v) is 6.87. The van der Waals surface area contributed by atoms with Gasteiger partial charge >= 0.3 is 0 Å². The SMILES string of the molecule is COc1cc(O)c(CC=C(C)C)c(O)c1-c1cc(-c2ccc(O)cc2)n(C)n1. The highest BCUT2D eigenvalue weighted by Gasteiger charge is 2.22. The van der Waals surface area contributed by atoms with E-state index < -0.39 is 0 Å². The van der Waals surface area contributed by atoms with E-state index in [1.165, 1.54) is 13.2 Å². The van der Waals surface area contributed by atoms with Crippen molar-refractivity contribution in [2.45, 2.75) is 20.3 Å². The number of aromatic nitrogens is 2. The van der Waals surface area contributed by atoms with Gasteiger partial charge in [-0.05, 0) is 50.6 Å². The Morgan fingerprint density at radius 3 is 2.39 bits per heavy atom. The zero-order valence-electron chi connectivity index (χ0n) is 16.4. The van der Waals surface area contributed by atoms with Gasteiger partial charge in [0.2, 0.25) is 0 Å². The Morgan fingerprint density at radius 2 is 1.79 bits per heavy atom. The molecule has 0 unspecified atom stereocenters. The molecule has 28 heavy (non-hydrogen) atoms. The molecule has 1 aromatic heterocycles.